The number of amides is 1. The van der Waals surface area contributed by atoms with Gasteiger partial charge in [-0.2, -0.15) is 0 Å². The predicted octanol–water partition coefficient (Wildman–Crippen LogP) is 2.74. The Labute approximate surface area is 127 Å². The van der Waals surface area contributed by atoms with Crippen molar-refractivity contribution in [3.63, 3.8) is 0 Å². The molecule has 0 spiro atoms. The van der Waals surface area contributed by atoms with E-state index in [9.17, 15) is 4.79 Å². The van der Waals surface area contributed by atoms with Crippen molar-refractivity contribution in [1.82, 2.24) is 15.2 Å². The highest BCUT2D eigenvalue weighted by molar-refractivity contribution is 5.68. The molecule has 1 N–H and O–H groups in total. The molecule has 0 saturated carbocycles. The smallest absolute Gasteiger partial charge is 0.410 e. The first-order valence-corrected chi connectivity index (χ1v) is 7.41. The number of hydrogen-bond acceptors (Lipinski definition) is 4. The summed E-state index contributed by atoms with van der Waals surface area (Å²) in [5.41, 5.74) is 1.94. The Hall–Kier alpha value is -1.62. The molecule has 0 bridgehead atoms. The highest BCUT2D eigenvalue weighted by Gasteiger charge is 2.20. The summed E-state index contributed by atoms with van der Waals surface area (Å²) in [6, 6.07) is 2.00. The first-order chi connectivity index (χ1) is 9.83. The van der Waals surface area contributed by atoms with Gasteiger partial charge in [-0.05, 0) is 51.8 Å². The summed E-state index contributed by atoms with van der Waals surface area (Å²) in [5.74, 6) is 0. The fraction of sp³-hybridized carbons (Fsp3) is 0.625. The van der Waals surface area contributed by atoms with E-state index < -0.39 is 5.60 Å². The minimum Gasteiger partial charge on any atom is -0.444 e. The highest BCUT2D eigenvalue weighted by Crippen LogP contribution is 2.09. The van der Waals surface area contributed by atoms with Crippen molar-refractivity contribution < 1.29 is 9.53 Å². The second kappa shape index (κ2) is 7.98. The number of nitrogens with one attached hydrogen (secondary N) is 1. The van der Waals surface area contributed by atoms with Gasteiger partial charge in [-0.25, -0.2) is 4.79 Å². The molecule has 0 atom stereocenters. The summed E-state index contributed by atoms with van der Waals surface area (Å²) in [6.07, 6.45) is 3.40. The van der Waals surface area contributed by atoms with Crippen LogP contribution < -0.4 is 5.32 Å². The Kier molecular flexibility index (Phi) is 6.62. The molecular weight excluding hydrogens is 266 g/mol. The highest BCUT2D eigenvalue weighted by atomic mass is 16.6. The van der Waals surface area contributed by atoms with Crippen molar-refractivity contribution in [2.75, 3.05) is 19.6 Å². The molecule has 1 aromatic heterocycles. The standard InChI is InChI=1S/C16H27N3O2/c1-6-19(15(20)21-16(3,4)5)10-9-18-12-14-11-17-8-7-13(14)2/h7-8,11,18H,6,9-10,12H2,1-5H3. The summed E-state index contributed by atoms with van der Waals surface area (Å²) in [4.78, 5) is 17.8. The Morgan fingerprint density at radius 2 is 2.14 bits per heavy atom. The van der Waals surface area contributed by atoms with Crippen LogP contribution >= 0.6 is 0 Å². The lowest BCUT2D eigenvalue weighted by atomic mass is 10.1. The lowest BCUT2D eigenvalue weighted by Crippen LogP contribution is -2.40. The van der Waals surface area contributed by atoms with E-state index in [1.165, 1.54) is 11.1 Å². The molecule has 1 aromatic rings. The van der Waals surface area contributed by atoms with Gasteiger partial charge in [-0.1, -0.05) is 0 Å². The van der Waals surface area contributed by atoms with Gasteiger partial charge >= 0.3 is 6.09 Å². The SMILES string of the molecule is CCN(CCNCc1cnccc1C)C(=O)OC(C)(C)C. The summed E-state index contributed by atoms with van der Waals surface area (Å²) < 4.78 is 5.37. The van der Waals surface area contributed by atoms with Crippen LogP contribution in [0, 0.1) is 6.92 Å². The minimum absolute atomic E-state index is 0.260. The van der Waals surface area contributed by atoms with Crippen LogP contribution in [0.1, 0.15) is 38.8 Å². The second-order valence-electron chi connectivity index (χ2n) is 6.04. The number of ether oxygens (including phenoxy) is 1. The van der Waals surface area contributed by atoms with Crippen molar-refractivity contribution in [2.45, 2.75) is 46.8 Å². The van der Waals surface area contributed by atoms with Crippen molar-refractivity contribution in [1.29, 1.82) is 0 Å². The maximum absolute atomic E-state index is 12.0. The molecule has 1 heterocycles. The Bertz CT molecular complexity index is 455. The summed E-state index contributed by atoms with van der Waals surface area (Å²) in [7, 11) is 0. The van der Waals surface area contributed by atoms with Crippen LogP contribution in [-0.2, 0) is 11.3 Å². The van der Waals surface area contributed by atoms with Crippen LogP contribution in [-0.4, -0.2) is 41.2 Å². The fourth-order valence-corrected chi connectivity index (χ4v) is 1.82. The first-order valence-electron chi connectivity index (χ1n) is 7.41. The van der Waals surface area contributed by atoms with E-state index in [4.69, 9.17) is 4.74 Å². The lowest BCUT2D eigenvalue weighted by molar-refractivity contribution is 0.0262. The number of pyridine rings is 1. The molecule has 1 amide bonds. The van der Waals surface area contributed by atoms with Crippen LogP contribution in [0.4, 0.5) is 4.79 Å². The van der Waals surface area contributed by atoms with Crippen LogP contribution in [0.3, 0.4) is 0 Å². The zero-order valence-corrected chi connectivity index (χ0v) is 13.8. The third-order valence-electron chi connectivity index (χ3n) is 3.05. The average molecular weight is 293 g/mol. The van der Waals surface area contributed by atoms with Crippen LogP contribution in [0.25, 0.3) is 0 Å². The van der Waals surface area contributed by atoms with Crippen LogP contribution in [0.2, 0.25) is 0 Å². The number of aromatic nitrogens is 1. The molecule has 0 fully saturated rings. The molecule has 0 aliphatic heterocycles. The second-order valence-corrected chi connectivity index (χ2v) is 6.04. The molecule has 21 heavy (non-hydrogen) atoms. The van der Waals surface area contributed by atoms with Gasteiger partial charge in [-0.3, -0.25) is 4.98 Å². The van der Waals surface area contributed by atoms with E-state index >= 15 is 0 Å². The Morgan fingerprint density at radius 3 is 2.71 bits per heavy atom. The zero-order valence-electron chi connectivity index (χ0n) is 13.8. The van der Waals surface area contributed by atoms with E-state index in [1.807, 2.05) is 40.0 Å². The third kappa shape index (κ3) is 6.58. The van der Waals surface area contributed by atoms with Crippen molar-refractivity contribution >= 4 is 6.09 Å². The molecule has 0 aromatic carbocycles. The van der Waals surface area contributed by atoms with Gasteiger partial charge in [0.2, 0.25) is 0 Å². The molecule has 0 aliphatic carbocycles. The van der Waals surface area contributed by atoms with Crippen LogP contribution in [0.5, 0.6) is 0 Å². The van der Waals surface area contributed by atoms with E-state index in [0.29, 0.717) is 13.1 Å². The number of aryl methyl sites for hydroxylation is 1. The van der Waals surface area contributed by atoms with Gasteiger partial charge in [0.05, 0.1) is 0 Å². The number of hydrogen-bond donors (Lipinski definition) is 1. The quantitative estimate of drug-likeness (QED) is 0.819. The van der Waals surface area contributed by atoms with Gasteiger partial charge in [0, 0.05) is 38.6 Å². The van der Waals surface area contributed by atoms with E-state index in [0.717, 1.165) is 13.1 Å². The third-order valence-corrected chi connectivity index (χ3v) is 3.05. The van der Waals surface area contributed by atoms with Crippen LogP contribution in [0.15, 0.2) is 18.5 Å². The monoisotopic (exact) mass is 293 g/mol. The maximum Gasteiger partial charge on any atom is 0.410 e. The number of nitrogens with zero attached hydrogens (tertiary/aromatic N) is 2. The van der Waals surface area contributed by atoms with Gasteiger partial charge < -0.3 is 15.0 Å². The normalized spacial score (nSPS) is 11.3. The Balaban J connectivity index is 2.36. The maximum atomic E-state index is 12.0. The van der Waals surface area contributed by atoms with Crippen molar-refractivity contribution in [3.8, 4) is 0 Å². The number of carbonyl (C=O) groups excluding carboxylic acids is 1. The summed E-state index contributed by atoms with van der Waals surface area (Å²) >= 11 is 0. The fourth-order valence-electron chi connectivity index (χ4n) is 1.82. The van der Waals surface area contributed by atoms with Gasteiger partial charge in [0.25, 0.3) is 0 Å². The van der Waals surface area contributed by atoms with Gasteiger partial charge in [-0.15, -0.1) is 0 Å². The van der Waals surface area contributed by atoms with Gasteiger partial charge in [0.1, 0.15) is 5.60 Å². The molecule has 1 rings (SSSR count). The zero-order chi connectivity index (χ0) is 15.9. The molecule has 5 heteroatoms. The van der Waals surface area contributed by atoms with E-state index in [1.54, 1.807) is 11.1 Å². The first kappa shape index (κ1) is 17.4. The average Bonchev–Trinajstić information content (AvgIpc) is 2.38. The number of carbonyl (C=O) groups is 1. The van der Waals surface area contributed by atoms with E-state index in [2.05, 4.69) is 17.2 Å². The van der Waals surface area contributed by atoms with E-state index in [-0.39, 0.29) is 6.09 Å². The molecule has 0 saturated heterocycles. The predicted molar refractivity (Wildman–Crippen MR) is 84.2 cm³/mol. The minimum atomic E-state index is -0.454. The molecule has 118 valence electrons. The van der Waals surface area contributed by atoms with Crippen molar-refractivity contribution in [2.24, 2.45) is 0 Å². The summed E-state index contributed by atoms with van der Waals surface area (Å²) in [6.45, 7) is 12.4. The van der Waals surface area contributed by atoms with Gasteiger partial charge in [0.15, 0.2) is 0 Å². The largest absolute Gasteiger partial charge is 0.444 e. The lowest BCUT2D eigenvalue weighted by Gasteiger charge is -2.26. The molecule has 5 nitrogen and oxygen atoms in total. The molecule has 0 aliphatic rings. The summed E-state index contributed by atoms with van der Waals surface area (Å²) in [5, 5.41) is 3.34. The topological polar surface area (TPSA) is 54.5 Å². The molecule has 0 unspecified atom stereocenters. The number of rotatable bonds is 6. The van der Waals surface area contributed by atoms with Crippen molar-refractivity contribution in [3.05, 3.63) is 29.6 Å². The number of likely N-dealkylation sites (N-methyl/N-ethyl adjacent to an activating group) is 1. The molecule has 0 radical (unpaired) electrons. The molecular formula is C16H27N3O2. The Morgan fingerprint density at radius 1 is 1.43 bits per heavy atom.